The summed E-state index contributed by atoms with van der Waals surface area (Å²) in [5.41, 5.74) is 1.44. The van der Waals surface area contributed by atoms with Gasteiger partial charge in [0.15, 0.2) is 6.10 Å². The first-order valence-electron chi connectivity index (χ1n) is 9.19. The molecule has 1 N–H and O–H groups in total. The van der Waals surface area contributed by atoms with E-state index in [1.807, 2.05) is 6.92 Å². The summed E-state index contributed by atoms with van der Waals surface area (Å²) in [6, 6.07) is 0. The molecule has 0 bridgehead atoms. The maximum absolute atomic E-state index is 12.4. The number of fused-ring (bicyclic) bond motifs is 1. The molecule has 7 heteroatoms. The van der Waals surface area contributed by atoms with Crippen LogP contribution in [0.4, 0.5) is 5.00 Å². The van der Waals surface area contributed by atoms with Crippen LogP contribution in [0.15, 0.2) is 0 Å². The summed E-state index contributed by atoms with van der Waals surface area (Å²) < 4.78 is 10.3. The van der Waals surface area contributed by atoms with E-state index in [0.29, 0.717) is 22.9 Å². The normalized spacial score (nSPS) is 17.2. The number of thiophene rings is 1. The molecule has 0 unspecified atom stereocenters. The number of esters is 2. The molecule has 1 heterocycles. The van der Waals surface area contributed by atoms with Crippen molar-refractivity contribution in [1.82, 2.24) is 0 Å². The van der Waals surface area contributed by atoms with Crippen LogP contribution in [0, 0.1) is 5.92 Å². The second-order valence-electron chi connectivity index (χ2n) is 6.65. The van der Waals surface area contributed by atoms with Gasteiger partial charge in [-0.2, -0.15) is 0 Å². The highest BCUT2D eigenvalue weighted by molar-refractivity contribution is 7.17. The average Bonchev–Trinajstić information content (AvgIpc) is 2.91. The Balaban J connectivity index is 2.21. The second-order valence-corrected chi connectivity index (χ2v) is 7.75. The molecule has 0 saturated carbocycles. The number of hydrogen-bond acceptors (Lipinski definition) is 6. The minimum absolute atomic E-state index is 0.275. The van der Waals surface area contributed by atoms with Crippen molar-refractivity contribution in [2.75, 3.05) is 11.9 Å². The highest BCUT2D eigenvalue weighted by atomic mass is 32.1. The maximum Gasteiger partial charge on any atom is 0.341 e. The zero-order valence-electron chi connectivity index (χ0n) is 15.8. The van der Waals surface area contributed by atoms with Crippen LogP contribution in [0.5, 0.6) is 0 Å². The highest BCUT2D eigenvalue weighted by Crippen LogP contribution is 2.40. The third kappa shape index (κ3) is 4.84. The van der Waals surface area contributed by atoms with Crippen molar-refractivity contribution >= 4 is 34.2 Å². The van der Waals surface area contributed by atoms with Gasteiger partial charge >= 0.3 is 11.9 Å². The summed E-state index contributed by atoms with van der Waals surface area (Å²) >= 11 is 1.42. The van der Waals surface area contributed by atoms with E-state index < -0.39 is 23.9 Å². The molecule has 0 aliphatic heterocycles. The SMILES string of the molecule is CCCC(=O)O[C@H](C)C(=O)Nc1sc2c(c1C(=O)OCC)CC[C@H](C)C2. The van der Waals surface area contributed by atoms with E-state index in [9.17, 15) is 14.4 Å². The Labute approximate surface area is 158 Å². The monoisotopic (exact) mass is 381 g/mol. The Bertz CT molecular complexity index is 682. The van der Waals surface area contributed by atoms with E-state index in [1.165, 1.54) is 18.3 Å². The van der Waals surface area contributed by atoms with Crippen molar-refractivity contribution in [3.63, 3.8) is 0 Å². The van der Waals surface area contributed by atoms with Crippen LogP contribution in [0.3, 0.4) is 0 Å². The van der Waals surface area contributed by atoms with Crippen LogP contribution >= 0.6 is 11.3 Å². The van der Waals surface area contributed by atoms with Gasteiger partial charge in [-0.3, -0.25) is 9.59 Å². The van der Waals surface area contributed by atoms with E-state index in [-0.39, 0.29) is 13.0 Å². The van der Waals surface area contributed by atoms with Crippen LogP contribution in [0.25, 0.3) is 0 Å². The fraction of sp³-hybridized carbons (Fsp3) is 0.632. The molecule has 6 nitrogen and oxygen atoms in total. The van der Waals surface area contributed by atoms with Gasteiger partial charge in [0.05, 0.1) is 12.2 Å². The molecule has 0 aromatic carbocycles. The zero-order chi connectivity index (χ0) is 19.3. The fourth-order valence-corrected chi connectivity index (χ4v) is 4.39. The minimum atomic E-state index is -0.915. The lowest BCUT2D eigenvalue weighted by Gasteiger charge is -2.18. The largest absolute Gasteiger partial charge is 0.462 e. The molecule has 1 aliphatic rings. The summed E-state index contributed by atoms with van der Waals surface area (Å²) in [6.07, 6.45) is 2.73. The van der Waals surface area contributed by atoms with Crippen molar-refractivity contribution in [2.45, 2.75) is 65.9 Å². The number of nitrogens with one attached hydrogen (secondary N) is 1. The van der Waals surface area contributed by atoms with E-state index in [1.54, 1.807) is 6.92 Å². The van der Waals surface area contributed by atoms with Gasteiger partial charge in [0.1, 0.15) is 5.00 Å². The van der Waals surface area contributed by atoms with Gasteiger partial charge in [-0.05, 0) is 51.0 Å². The Morgan fingerprint density at radius 3 is 2.69 bits per heavy atom. The molecular formula is C19H27NO5S. The lowest BCUT2D eigenvalue weighted by atomic mass is 9.88. The Morgan fingerprint density at radius 2 is 2.04 bits per heavy atom. The summed E-state index contributed by atoms with van der Waals surface area (Å²) in [4.78, 5) is 37.6. The predicted octanol–water partition coefficient (Wildman–Crippen LogP) is 3.72. The van der Waals surface area contributed by atoms with E-state index in [0.717, 1.165) is 29.7 Å². The Kier molecular flexibility index (Phi) is 7.20. The van der Waals surface area contributed by atoms with Crippen LogP contribution < -0.4 is 5.32 Å². The first-order chi connectivity index (χ1) is 12.4. The summed E-state index contributed by atoms with van der Waals surface area (Å²) in [7, 11) is 0. The van der Waals surface area contributed by atoms with Gasteiger partial charge in [0, 0.05) is 11.3 Å². The molecule has 1 aliphatic carbocycles. The topological polar surface area (TPSA) is 81.7 Å². The lowest BCUT2D eigenvalue weighted by molar-refractivity contribution is -0.153. The molecule has 1 aromatic rings. The molecule has 0 radical (unpaired) electrons. The van der Waals surface area contributed by atoms with Crippen LogP contribution in [-0.4, -0.2) is 30.6 Å². The lowest BCUT2D eigenvalue weighted by Crippen LogP contribution is -2.30. The molecule has 2 rings (SSSR count). The van der Waals surface area contributed by atoms with E-state index >= 15 is 0 Å². The van der Waals surface area contributed by atoms with E-state index in [2.05, 4.69) is 12.2 Å². The minimum Gasteiger partial charge on any atom is -0.462 e. The number of hydrogen-bond donors (Lipinski definition) is 1. The maximum atomic E-state index is 12.4. The quantitative estimate of drug-likeness (QED) is 0.728. The van der Waals surface area contributed by atoms with Crippen LogP contribution in [0.2, 0.25) is 0 Å². The van der Waals surface area contributed by atoms with Gasteiger partial charge in [0.25, 0.3) is 5.91 Å². The summed E-state index contributed by atoms with van der Waals surface area (Å²) in [5.74, 6) is -0.703. The third-order valence-electron chi connectivity index (χ3n) is 4.36. The standard InChI is InChI=1S/C19H27NO5S/c1-5-7-15(21)25-12(4)17(22)20-18-16(19(23)24-6-2)13-9-8-11(3)10-14(13)26-18/h11-12H,5-10H2,1-4H3,(H,20,22)/t11-,12+/m0/s1. The van der Waals surface area contributed by atoms with Crippen molar-refractivity contribution in [1.29, 1.82) is 0 Å². The van der Waals surface area contributed by atoms with Crippen molar-refractivity contribution in [3.8, 4) is 0 Å². The number of amides is 1. The van der Waals surface area contributed by atoms with Gasteiger partial charge in [-0.15, -0.1) is 11.3 Å². The van der Waals surface area contributed by atoms with Crippen molar-refractivity contribution < 1.29 is 23.9 Å². The molecular weight excluding hydrogens is 354 g/mol. The molecule has 1 aromatic heterocycles. The Morgan fingerprint density at radius 1 is 1.31 bits per heavy atom. The van der Waals surface area contributed by atoms with Crippen LogP contribution in [0.1, 0.15) is 67.8 Å². The van der Waals surface area contributed by atoms with Crippen molar-refractivity contribution in [2.24, 2.45) is 5.92 Å². The Hall–Kier alpha value is -1.89. The van der Waals surface area contributed by atoms with Gasteiger partial charge in [-0.25, -0.2) is 4.79 Å². The third-order valence-corrected chi connectivity index (χ3v) is 5.53. The summed E-state index contributed by atoms with van der Waals surface area (Å²) in [5, 5.41) is 3.26. The van der Waals surface area contributed by atoms with Gasteiger partial charge in [-0.1, -0.05) is 13.8 Å². The van der Waals surface area contributed by atoms with Crippen molar-refractivity contribution in [3.05, 3.63) is 16.0 Å². The first kappa shape index (κ1) is 20.4. The molecule has 26 heavy (non-hydrogen) atoms. The zero-order valence-corrected chi connectivity index (χ0v) is 16.7. The molecule has 0 spiro atoms. The number of carbonyl (C=O) groups is 3. The fourth-order valence-electron chi connectivity index (χ4n) is 2.99. The molecule has 0 fully saturated rings. The molecule has 1 amide bonds. The van der Waals surface area contributed by atoms with E-state index in [4.69, 9.17) is 9.47 Å². The smallest absolute Gasteiger partial charge is 0.341 e. The number of rotatable bonds is 7. The number of anilines is 1. The van der Waals surface area contributed by atoms with Gasteiger partial charge < -0.3 is 14.8 Å². The van der Waals surface area contributed by atoms with Crippen LogP contribution in [-0.2, 0) is 31.9 Å². The first-order valence-corrected chi connectivity index (χ1v) is 10.0. The highest BCUT2D eigenvalue weighted by Gasteiger charge is 2.30. The second kappa shape index (κ2) is 9.16. The molecule has 2 atom stereocenters. The number of ether oxygens (including phenoxy) is 2. The number of carbonyl (C=O) groups excluding carboxylic acids is 3. The van der Waals surface area contributed by atoms with Gasteiger partial charge in [0.2, 0.25) is 0 Å². The molecule has 144 valence electrons. The average molecular weight is 381 g/mol. The molecule has 0 saturated heterocycles. The predicted molar refractivity (Wildman–Crippen MR) is 101 cm³/mol. The summed E-state index contributed by atoms with van der Waals surface area (Å²) in [6.45, 7) is 7.61.